The SMILES string of the molecule is CC.CCSc1ccc(CC(=O)Nc2ccc(C3(Sc4ccc(F)cc4)CCCCC3)cc2)cc1. The number of hydrogen-bond acceptors (Lipinski definition) is 3. The van der Waals surface area contributed by atoms with E-state index in [1.807, 2.05) is 62.0 Å². The number of rotatable bonds is 8. The second kappa shape index (κ2) is 13.7. The molecule has 0 heterocycles. The Morgan fingerprint density at radius 2 is 1.46 bits per heavy atom. The highest BCUT2D eigenvalue weighted by Gasteiger charge is 2.35. The van der Waals surface area contributed by atoms with Crippen LogP contribution in [0.15, 0.2) is 82.6 Å². The number of anilines is 1. The Balaban J connectivity index is 0.00000167. The van der Waals surface area contributed by atoms with Crippen molar-refractivity contribution in [1.29, 1.82) is 0 Å². The second-order valence-corrected chi connectivity index (χ2v) is 11.3. The summed E-state index contributed by atoms with van der Waals surface area (Å²) in [5, 5.41) is 3.04. The maximum absolute atomic E-state index is 13.4. The van der Waals surface area contributed by atoms with E-state index in [1.165, 1.54) is 41.9 Å². The van der Waals surface area contributed by atoms with Crippen molar-refractivity contribution >= 4 is 35.1 Å². The standard InChI is InChI=1S/C28H30FNOS2.C2H6/c1-2-32-25-14-6-21(7-15-25)20-27(31)30-24-12-8-22(9-13-24)28(18-4-3-5-19-28)33-26-16-10-23(29)11-17-26;1-2/h6-17H,2-5,18-20H2,1H3,(H,30,31);1-2H3. The first-order valence-corrected chi connectivity index (χ1v) is 14.4. The average molecular weight is 510 g/mol. The lowest BCUT2D eigenvalue weighted by molar-refractivity contribution is -0.115. The molecule has 5 heteroatoms. The Morgan fingerprint density at radius 3 is 2.06 bits per heavy atom. The number of amides is 1. The molecule has 0 aromatic heterocycles. The van der Waals surface area contributed by atoms with Crippen LogP contribution in [-0.4, -0.2) is 11.7 Å². The molecule has 3 aromatic rings. The number of carbonyl (C=O) groups is 1. The average Bonchev–Trinajstić information content (AvgIpc) is 2.89. The maximum atomic E-state index is 13.4. The van der Waals surface area contributed by atoms with Crippen molar-refractivity contribution in [2.45, 2.75) is 73.8 Å². The fraction of sp³-hybridized carbons (Fsp3) is 0.367. The fourth-order valence-corrected chi connectivity index (χ4v) is 6.55. The summed E-state index contributed by atoms with van der Waals surface area (Å²) in [6.45, 7) is 6.13. The summed E-state index contributed by atoms with van der Waals surface area (Å²) in [6.07, 6.45) is 6.23. The second-order valence-electron chi connectivity index (χ2n) is 8.49. The number of hydrogen-bond donors (Lipinski definition) is 1. The van der Waals surface area contributed by atoms with E-state index in [-0.39, 0.29) is 16.5 Å². The Bertz CT molecular complexity index is 1040. The summed E-state index contributed by atoms with van der Waals surface area (Å²) in [4.78, 5) is 14.9. The summed E-state index contributed by atoms with van der Waals surface area (Å²) < 4.78 is 13.4. The highest BCUT2D eigenvalue weighted by atomic mass is 32.2. The van der Waals surface area contributed by atoms with E-state index in [2.05, 4.69) is 36.5 Å². The first-order valence-electron chi connectivity index (χ1n) is 12.6. The number of nitrogens with one attached hydrogen (secondary N) is 1. The predicted octanol–water partition coefficient (Wildman–Crippen LogP) is 9.10. The van der Waals surface area contributed by atoms with E-state index in [4.69, 9.17) is 0 Å². The first kappa shape index (κ1) is 27.3. The topological polar surface area (TPSA) is 29.1 Å². The Labute approximate surface area is 218 Å². The smallest absolute Gasteiger partial charge is 0.228 e. The molecule has 35 heavy (non-hydrogen) atoms. The Morgan fingerprint density at radius 1 is 0.857 bits per heavy atom. The maximum Gasteiger partial charge on any atom is 0.228 e. The molecule has 0 aliphatic heterocycles. The monoisotopic (exact) mass is 509 g/mol. The lowest BCUT2D eigenvalue weighted by atomic mass is 9.83. The van der Waals surface area contributed by atoms with Gasteiger partial charge in [-0.25, -0.2) is 4.39 Å². The molecule has 0 saturated heterocycles. The molecular weight excluding hydrogens is 473 g/mol. The van der Waals surface area contributed by atoms with Crippen LogP contribution in [0.25, 0.3) is 0 Å². The highest BCUT2D eigenvalue weighted by molar-refractivity contribution is 8.00. The van der Waals surface area contributed by atoms with Crippen molar-refractivity contribution in [2.75, 3.05) is 11.1 Å². The van der Waals surface area contributed by atoms with Crippen molar-refractivity contribution < 1.29 is 9.18 Å². The van der Waals surface area contributed by atoms with Gasteiger partial charge in [0.2, 0.25) is 5.91 Å². The minimum atomic E-state index is -0.201. The van der Waals surface area contributed by atoms with Crippen molar-refractivity contribution in [1.82, 2.24) is 0 Å². The first-order chi connectivity index (χ1) is 17.1. The van der Waals surface area contributed by atoms with Gasteiger partial charge in [-0.15, -0.1) is 23.5 Å². The molecule has 0 atom stereocenters. The van der Waals surface area contributed by atoms with Crippen LogP contribution in [0, 0.1) is 5.82 Å². The zero-order valence-corrected chi connectivity index (χ0v) is 22.6. The molecule has 1 N–H and O–H groups in total. The van der Waals surface area contributed by atoms with Crippen LogP contribution in [-0.2, 0) is 16.0 Å². The molecule has 0 unspecified atom stereocenters. The molecular formula is C30H36FNOS2. The fourth-order valence-electron chi connectivity index (χ4n) is 4.42. The van der Waals surface area contributed by atoms with Gasteiger partial charge in [-0.3, -0.25) is 4.79 Å². The third-order valence-electron chi connectivity index (χ3n) is 6.08. The van der Waals surface area contributed by atoms with Crippen molar-refractivity contribution in [3.63, 3.8) is 0 Å². The summed E-state index contributed by atoms with van der Waals surface area (Å²) in [5.41, 5.74) is 3.11. The van der Waals surface area contributed by atoms with Crippen LogP contribution in [0.5, 0.6) is 0 Å². The zero-order valence-electron chi connectivity index (χ0n) is 21.0. The Hall–Kier alpha value is -2.24. The van der Waals surface area contributed by atoms with E-state index >= 15 is 0 Å². The van der Waals surface area contributed by atoms with Crippen molar-refractivity contribution in [2.24, 2.45) is 0 Å². The molecule has 1 aliphatic carbocycles. The van der Waals surface area contributed by atoms with Crippen molar-refractivity contribution in [3.8, 4) is 0 Å². The molecule has 3 aromatic carbocycles. The van der Waals surface area contributed by atoms with Crippen LogP contribution in [0.3, 0.4) is 0 Å². The van der Waals surface area contributed by atoms with Crippen molar-refractivity contribution in [3.05, 3.63) is 89.7 Å². The van der Waals surface area contributed by atoms with Gasteiger partial charge in [-0.2, -0.15) is 0 Å². The van der Waals surface area contributed by atoms with Gasteiger partial charge in [0.25, 0.3) is 0 Å². The number of carbonyl (C=O) groups excluding carboxylic acids is 1. The molecule has 0 bridgehead atoms. The zero-order chi connectivity index (χ0) is 25.1. The molecule has 4 rings (SSSR count). The third-order valence-corrected chi connectivity index (χ3v) is 8.52. The van der Waals surface area contributed by atoms with E-state index in [1.54, 1.807) is 11.8 Å². The molecule has 1 saturated carbocycles. The lowest BCUT2D eigenvalue weighted by Crippen LogP contribution is -2.25. The summed E-state index contributed by atoms with van der Waals surface area (Å²) in [6, 6.07) is 23.3. The van der Waals surface area contributed by atoms with Gasteiger partial charge >= 0.3 is 0 Å². The number of benzene rings is 3. The summed E-state index contributed by atoms with van der Waals surface area (Å²) >= 11 is 3.64. The van der Waals surface area contributed by atoms with E-state index in [0.717, 1.165) is 34.7 Å². The van der Waals surface area contributed by atoms with E-state index < -0.39 is 0 Å². The molecule has 1 fully saturated rings. The molecule has 1 amide bonds. The minimum absolute atomic E-state index is 0.00311. The Kier molecular flexibility index (Phi) is 10.7. The quantitative estimate of drug-likeness (QED) is 0.307. The van der Waals surface area contributed by atoms with Gasteiger partial charge in [0, 0.05) is 20.2 Å². The van der Waals surface area contributed by atoms with Gasteiger partial charge in [-0.1, -0.05) is 64.3 Å². The largest absolute Gasteiger partial charge is 0.326 e. The molecule has 0 spiro atoms. The summed E-state index contributed by atoms with van der Waals surface area (Å²) in [7, 11) is 0. The predicted molar refractivity (Wildman–Crippen MR) is 150 cm³/mol. The van der Waals surface area contributed by atoms with Crippen LogP contribution in [0.2, 0.25) is 0 Å². The highest BCUT2D eigenvalue weighted by Crippen LogP contribution is 2.51. The van der Waals surface area contributed by atoms with Gasteiger partial charge in [0.1, 0.15) is 5.82 Å². The molecule has 0 radical (unpaired) electrons. The van der Waals surface area contributed by atoms with E-state index in [9.17, 15) is 9.18 Å². The van der Waals surface area contributed by atoms with Gasteiger partial charge in [-0.05, 0) is 78.3 Å². The van der Waals surface area contributed by atoms with Gasteiger partial charge in [0.05, 0.1) is 6.42 Å². The molecule has 1 aliphatic rings. The lowest BCUT2D eigenvalue weighted by Gasteiger charge is -2.37. The van der Waals surface area contributed by atoms with Gasteiger partial charge < -0.3 is 5.32 Å². The van der Waals surface area contributed by atoms with Gasteiger partial charge in [0.15, 0.2) is 0 Å². The molecule has 2 nitrogen and oxygen atoms in total. The summed E-state index contributed by atoms with van der Waals surface area (Å²) in [5.74, 6) is 0.833. The number of thioether (sulfide) groups is 2. The number of halogens is 1. The molecule has 186 valence electrons. The third kappa shape index (κ3) is 7.88. The van der Waals surface area contributed by atoms with Crippen LogP contribution < -0.4 is 5.32 Å². The van der Waals surface area contributed by atoms with Crippen LogP contribution in [0.1, 0.15) is 64.0 Å². The van der Waals surface area contributed by atoms with Crippen LogP contribution in [0.4, 0.5) is 10.1 Å². The normalized spacial score (nSPS) is 14.5. The minimum Gasteiger partial charge on any atom is -0.326 e. The van der Waals surface area contributed by atoms with Crippen LogP contribution >= 0.6 is 23.5 Å². The van der Waals surface area contributed by atoms with E-state index in [0.29, 0.717) is 6.42 Å².